The molecule has 0 N–H and O–H groups in total. The molecule has 0 radical (unpaired) electrons. The number of fused-ring (bicyclic) bond motifs is 1. The number of carbonyl (C=O) groups is 2. The molecule has 1 heterocycles. The molecule has 2 rings (SSSR count). The molecular weight excluding hydrogens is 304 g/mol. The second-order valence-corrected chi connectivity index (χ2v) is 6.41. The summed E-state index contributed by atoms with van der Waals surface area (Å²) in [4.78, 5) is 36.8. The maximum Gasteiger partial charge on any atom is 0.234 e. The van der Waals surface area contributed by atoms with Crippen LogP contribution in [0.3, 0.4) is 0 Å². The van der Waals surface area contributed by atoms with Crippen LogP contribution in [-0.2, 0) is 9.59 Å². The van der Waals surface area contributed by atoms with E-state index in [0.717, 1.165) is 0 Å². The Morgan fingerprint density at radius 1 is 1.41 bits per heavy atom. The van der Waals surface area contributed by atoms with E-state index >= 15 is 0 Å². The van der Waals surface area contributed by atoms with Crippen molar-refractivity contribution in [2.24, 2.45) is 11.1 Å². The van der Waals surface area contributed by atoms with E-state index < -0.39 is 6.04 Å². The number of nitrogens with zero attached hydrogens (tertiary/aromatic N) is 2. The summed E-state index contributed by atoms with van der Waals surface area (Å²) in [5, 5.41) is 3.61. The van der Waals surface area contributed by atoms with E-state index in [4.69, 9.17) is 11.6 Å². The topological polar surface area (TPSA) is 66.8 Å². The molecule has 118 valence electrons. The lowest BCUT2D eigenvalue weighted by molar-refractivity contribution is -0.127. The van der Waals surface area contributed by atoms with Crippen molar-refractivity contribution in [1.82, 2.24) is 0 Å². The van der Waals surface area contributed by atoms with Crippen LogP contribution in [0.4, 0.5) is 5.69 Å². The molecule has 1 unspecified atom stereocenters. The van der Waals surface area contributed by atoms with E-state index in [1.165, 1.54) is 0 Å². The standard InChI is InChI=1S/C16H19ClN2O3/c1-10(2)7-12(20)9-16(21)19-6-5-14(18-22)13-8-11(17)3-4-15(13)19/h3-4,8,10,14H,5-7,9H2,1-2H3. The maximum absolute atomic E-state index is 12.4. The zero-order valence-corrected chi connectivity index (χ0v) is 13.5. The monoisotopic (exact) mass is 322 g/mol. The minimum Gasteiger partial charge on any atom is -0.312 e. The molecule has 1 amide bonds. The number of halogens is 1. The highest BCUT2D eigenvalue weighted by atomic mass is 35.5. The summed E-state index contributed by atoms with van der Waals surface area (Å²) in [5.41, 5.74) is 1.28. The van der Waals surface area contributed by atoms with Crippen LogP contribution in [0.5, 0.6) is 0 Å². The first kappa shape index (κ1) is 16.6. The van der Waals surface area contributed by atoms with Crippen LogP contribution in [0.15, 0.2) is 23.4 Å². The van der Waals surface area contributed by atoms with Gasteiger partial charge < -0.3 is 4.90 Å². The Morgan fingerprint density at radius 2 is 2.14 bits per heavy atom. The van der Waals surface area contributed by atoms with Crippen LogP contribution < -0.4 is 4.90 Å². The highest BCUT2D eigenvalue weighted by Gasteiger charge is 2.30. The van der Waals surface area contributed by atoms with Crippen molar-refractivity contribution in [2.75, 3.05) is 11.4 Å². The average Bonchev–Trinajstić information content (AvgIpc) is 2.44. The van der Waals surface area contributed by atoms with Gasteiger partial charge in [-0.2, -0.15) is 4.91 Å². The number of ketones is 1. The predicted molar refractivity (Wildman–Crippen MR) is 86.0 cm³/mol. The Bertz CT molecular complexity index is 601. The van der Waals surface area contributed by atoms with Gasteiger partial charge in [-0.3, -0.25) is 9.59 Å². The van der Waals surface area contributed by atoms with Crippen molar-refractivity contribution < 1.29 is 9.59 Å². The van der Waals surface area contributed by atoms with E-state index in [-0.39, 0.29) is 24.0 Å². The van der Waals surface area contributed by atoms with Gasteiger partial charge in [0, 0.05) is 29.2 Å². The van der Waals surface area contributed by atoms with Crippen molar-refractivity contribution in [3.63, 3.8) is 0 Å². The molecule has 6 heteroatoms. The summed E-state index contributed by atoms with van der Waals surface area (Å²) in [7, 11) is 0. The lowest BCUT2D eigenvalue weighted by Crippen LogP contribution is -2.37. The Labute approximate surface area is 134 Å². The third kappa shape index (κ3) is 3.71. The maximum atomic E-state index is 12.4. The van der Waals surface area contributed by atoms with Crippen molar-refractivity contribution in [3.8, 4) is 0 Å². The second kappa shape index (κ2) is 7.01. The quantitative estimate of drug-likeness (QED) is 0.610. The van der Waals surface area contributed by atoms with Crippen LogP contribution in [0.1, 0.15) is 44.7 Å². The molecule has 5 nitrogen and oxygen atoms in total. The predicted octanol–water partition coefficient (Wildman–Crippen LogP) is 3.89. The first-order valence-electron chi connectivity index (χ1n) is 7.36. The largest absolute Gasteiger partial charge is 0.312 e. The van der Waals surface area contributed by atoms with E-state index in [1.807, 2.05) is 13.8 Å². The molecule has 1 aromatic rings. The summed E-state index contributed by atoms with van der Waals surface area (Å²) in [6.07, 6.45) is 0.728. The smallest absolute Gasteiger partial charge is 0.234 e. The molecule has 0 saturated carbocycles. The summed E-state index contributed by atoms with van der Waals surface area (Å²) in [5.74, 6) is -0.0684. The highest BCUT2D eigenvalue weighted by Crippen LogP contribution is 2.37. The number of carbonyl (C=O) groups excluding carboxylic acids is 2. The van der Waals surface area contributed by atoms with Gasteiger partial charge in [-0.1, -0.05) is 30.6 Å². The molecule has 0 spiro atoms. The minimum atomic E-state index is -0.496. The average molecular weight is 323 g/mol. The van der Waals surface area contributed by atoms with Gasteiger partial charge >= 0.3 is 0 Å². The van der Waals surface area contributed by atoms with E-state index in [0.29, 0.717) is 35.7 Å². The van der Waals surface area contributed by atoms with Gasteiger partial charge in [-0.05, 0) is 30.5 Å². The van der Waals surface area contributed by atoms with Crippen molar-refractivity contribution in [1.29, 1.82) is 0 Å². The SMILES string of the molecule is CC(C)CC(=O)CC(=O)N1CCC(N=O)c2cc(Cl)ccc21. The fourth-order valence-corrected chi connectivity index (χ4v) is 2.91. The Kier molecular flexibility index (Phi) is 5.29. The van der Waals surface area contributed by atoms with Gasteiger partial charge in [0.2, 0.25) is 5.91 Å². The summed E-state index contributed by atoms with van der Waals surface area (Å²) in [6.45, 7) is 4.28. The molecule has 0 bridgehead atoms. The number of anilines is 1. The Hall–Kier alpha value is -1.75. The van der Waals surface area contributed by atoms with Gasteiger partial charge in [0.15, 0.2) is 0 Å². The van der Waals surface area contributed by atoms with E-state index in [9.17, 15) is 14.5 Å². The van der Waals surface area contributed by atoms with Crippen molar-refractivity contribution >= 4 is 29.0 Å². The third-order valence-electron chi connectivity index (χ3n) is 3.68. The van der Waals surface area contributed by atoms with Crippen LogP contribution in [-0.4, -0.2) is 18.2 Å². The zero-order valence-electron chi connectivity index (χ0n) is 12.7. The molecule has 0 fully saturated rings. The number of benzene rings is 1. The molecule has 1 atom stereocenters. The molecule has 1 aromatic carbocycles. The van der Waals surface area contributed by atoms with Gasteiger partial charge in [0.05, 0.1) is 6.42 Å². The molecule has 0 aromatic heterocycles. The van der Waals surface area contributed by atoms with Crippen LogP contribution in [0.25, 0.3) is 0 Å². The fraction of sp³-hybridized carbons (Fsp3) is 0.500. The number of Topliss-reactive ketones (excluding diaryl/α,β-unsaturated/α-hetero) is 1. The van der Waals surface area contributed by atoms with Gasteiger partial charge in [0.25, 0.3) is 0 Å². The van der Waals surface area contributed by atoms with Crippen LogP contribution in [0, 0.1) is 10.8 Å². The summed E-state index contributed by atoms with van der Waals surface area (Å²) in [6, 6.07) is 4.55. The number of hydrogen-bond acceptors (Lipinski definition) is 4. The normalized spacial score (nSPS) is 17.3. The number of hydrogen-bond donors (Lipinski definition) is 0. The van der Waals surface area contributed by atoms with E-state index in [2.05, 4.69) is 5.18 Å². The fourth-order valence-electron chi connectivity index (χ4n) is 2.73. The highest BCUT2D eigenvalue weighted by molar-refractivity contribution is 6.30. The molecule has 1 aliphatic rings. The first-order valence-corrected chi connectivity index (χ1v) is 7.74. The number of nitroso groups, excluding NO2 is 1. The van der Waals surface area contributed by atoms with Crippen LogP contribution in [0.2, 0.25) is 5.02 Å². The second-order valence-electron chi connectivity index (χ2n) is 5.97. The van der Waals surface area contributed by atoms with Crippen molar-refractivity contribution in [3.05, 3.63) is 33.7 Å². The minimum absolute atomic E-state index is 0.0638. The number of rotatable bonds is 5. The summed E-state index contributed by atoms with van der Waals surface area (Å²) >= 11 is 5.97. The Balaban J connectivity index is 2.21. The van der Waals surface area contributed by atoms with Gasteiger partial charge in [-0.15, -0.1) is 0 Å². The third-order valence-corrected chi connectivity index (χ3v) is 3.91. The Morgan fingerprint density at radius 3 is 2.77 bits per heavy atom. The molecule has 1 aliphatic heterocycles. The molecule has 22 heavy (non-hydrogen) atoms. The molecule has 0 saturated heterocycles. The number of amides is 1. The molecular formula is C16H19ClN2O3. The van der Waals surface area contributed by atoms with Crippen molar-refractivity contribution in [2.45, 2.75) is 39.2 Å². The lowest BCUT2D eigenvalue weighted by Gasteiger charge is -2.31. The van der Waals surface area contributed by atoms with E-state index in [1.54, 1.807) is 23.1 Å². The summed E-state index contributed by atoms with van der Waals surface area (Å²) < 4.78 is 0. The van der Waals surface area contributed by atoms with Crippen LogP contribution >= 0.6 is 11.6 Å². The first-order chi connectivity index (χ1) is 10.4. The molecule has 0 aliphatic carbocycles. The van der Waals surface area contributed by atoms with Gasteiger partial charge in [0.1, 0.15) is 11.8 Å². The lowest BCUT2D eigenvalue weighted by atomic mass is 9.96. The zero-order chi connectivity index (χ0) is 16.3. The van der Waals surface area contributed by atoms with Gasteiger partial charge in [-0.25, -0.2) is 0 Å².